The molecule has 6 nitrogen and oxygen atoms in total. The van der Waals surface area contributed by atoms with Crippen molar-refractivity contribution in [2.24, 2.45) is 5.92 Å². The van der Waals surface area contributed by atoms with Crippen molar-refractivity contribution in [1.82, 2.24) is 15.5 Å². The Morgan fingerprint density at radius 3 is 2.26 bits per heavy atom. The minimum atomic E-state index is -0.395. The highest BCUT2D eigenvalue weighted by atomic mass is 35.5. The van der Waals surface area contributed by atoms with Crippen LogP contribution < -0.4 is 10.6 Å². The van der Waals surface area contributed by atoms with Gasteiger partial charge in [0, 0.05) is 30.7 Å². The molecule has 1 saturated carbocycles. The molecule has 0 spiro atoms. The Hall–Kier alpha value is -2.93. The van der Waals surface area contributed by atoms with Crippen molar-refractivity contribution in [3.8, 4) is 0 Å². The van der Waals surface area contributed by atoms with Gasteiger partial charge in [0.1, 0.15) is 5.82 Å². The van der Waals surface area contributed by atoms with Gasteiger partial charge >= 0.3 is 0 Å². The summed E-state index contributed by atoms with van der Waals surface area (Å²) in [4.78, 5) is 40.4. The first-order valence-corrected chi connectivity index (χ1v) is 12.2. The van der Waals surface area contributed by atoms with E-state index in [0.29, 0.717) is 35.7 Å². The van der Waals surface area contributed by atoms with Gasteiger partial charge in [-0.3, -0.25) is 14.4 Å². The molecule has 2 fully saturated rings. The standard InChI is InChI=1S/C26H29ClFN3O3/c27-21-8-2-1-7-20(21)26(34)31-15-5-6-18(16-31)25(33)30-23-10-4-3-9-22(23)29-24(32)17-11-13-19(28)14-12-17/h1-2,7-8,11-14,18,22-23H,3-6,9-10,15-16H2,(H,29,32)(H,30,33)/t18-,22+,23+/m0/s1. The van der Waals surface area contributed by atoms with Gasteiger partial charge in [-0.2, -0.15) is 0 Å². The number of hydrogen-bond acceptors (Lipinski definition) is 3. The third-order valence-electron chi connectivity index (χ3n) is 6.70. The second kappa shape index (κ2) is 11.0. The van der Waals surface area contributed by atoms with Gasteiger partial charge in [-0.25, -0.2) is 4.39 Å². The van der Waals surface area contributed by atoms with Gasteiger partial charge in [0.2, 0.25) is 5.91 Å². The first-order chi connectivity index (χ1) is 16.4. The molecule has 1 aliphatic carbocycles. The molecule has 34 heavy (non-hydrogen) atoms. The molecule has 1 saturated heterocycles. The van der Waals surface area contributed by atoms with E-state index in [1.165, 1.54) is 24.3 Å². The lowest BCUT2D eigenvalue weighted by molar-refractivity contribution is -0.127. The van der Waals surface area contributed by atoms with E-state index in [4.69, 9.17) is 11.6 Å². The van der Waals surface area contributed by atoms with Crippen LogP contribution in [-0.2, 0) is 4.79 Å². The summed E-state index contributed by atoms with van der Waals surface area (Å²) >= 11 is 6.20. The van der Waals surface area contributed by atoms with Crippen molar-refractivity contribution in [2.45, 2.75) is 50.6 Å². The van der Waals surface area contributed by atoms with E-state index in [1.807, 2.05) is 0 Å². The molecule has 2 aromatic carbocycles. The lowest BCUT2D eigenvalue weighted by atomic mass is 9.88. The molecular weight excluding hydrogens is 457 g/mol. The van der Waals surface area contributed by atoms with Crippen molar-refractivity contribution >= 4 is 29.3 Å². The zero-order valence-electron chi connectivity index (χ0n) is 18.9. The summed E-state index contributed by atoms with van der Waals surface area (Å²) in [6.07, 6.45) is 4.91. The van der Waals surface area contributed by atoms with Gasteiger partial charge in [0.05, 0.1) is 16.5 Å². The number of amides is 3. The molecule has 1 aliphatic heterocycles. The maximum Gasteiger partial charge on any atom is 0.255 e. The van der Waals surface area contributed by atoms with Gasteiger partial charge in [0.25, 0.3) is 11.8 Å². The molecule has 3 atom stereocenters. The van der Waals surface area contributed by atoms with E-state index < -0.39 is 5.82 Å². The molecular formula is C26H29ClFN3O3. The zero-order valence-corrected chi connectivity index (χ0v) is 19.7. The Labute approximate surface area is 203 Å². The number of carbonyl (C=O) groups is 3. The number of hydrogen-bond donors (Lipinski definition) is 2. The number of piperidine rings is 1. The van der Waals surface area contributed by atoms with E-state index in [1.54, 1.807) is 29.2 Å². The third-order valence-corrected chi connectivity index (χ3v) is 7.03. The van der Waals surface area contributed by atoms with Crippen molar-refractivity contribution in [3.63, 3.8) is 0 Å². The third kappa shape index (κ3) is 5.76. The van der Waals surface area contributed by atoms with Crippen LogP contribution in [0.4, 0.5) is 4.39 Å². The summed E-state index contributed by atoms with van der Waals surface area (Å²) in [7, 11) is 0. The Morgan fingerprint density at radius 2 is 1.56 bits per heavy atom. The maximum absolute atomic E-state index is 13.2. The van der Waals surface area contributed by atoms with E-state index in [-0.39, 0.29) is 35.7 Å². The van der Waals surface area contributed by atoms with Crippen LogP contribution in [0.1, 0.15) is 59.2 Å². The molecule has 1 heterocycles. The number of nitrogens with zero attached hydrogens (tertiary/aromatic N) is 1. The van der Waals surface area contributed by atoms with Crippen LogP contribution in [0.5, 0.6) is 0 Å². The van der Waals surface area contributed by atoms with Crippen molar-refractivity contribution in [1.29, 1.82) is 0 Å². The fraction of sp³-hybridized carbons (Fsp3) is 0.423. The highest BCUT2D eigenvalue weighted by molar-refractivity contribution is 6.33. The van der Waals surface area contributed by atoms with Crippen LogP contribution >= 0.6 is 11.6 Å². The fourth-order valence-electron chi connectivity index (χ4n) is 4.81. The van der Waals surface area contributed by atoms with Crippen LogP contribution in [0, 0.1) is 11.7 Å². The number of halogens is 2. The number of likely N-dealkylation sites (tertiary alicyclic amines) is 1. The summed E-state index contributed by atoms with van der Waals surface area (Å²) < 4.78 is 13.2. The molecule has 2 aliphatic rings. The van der Waals surface area contributed by atoms with Crippen LogP contribution in [0.3, 0.4) is 0 Å². The predicted octanol–water partition coefficient (Wildman–Crippen LogP) is 4.19. The van der Waals surface area contributed by atoms with Crippen LogP contribution in [-0.4, -0.2) is 47.8 Å². The Kier molecular flexibility index (Phi) is 7.83. The van der Waals surface area contributed by atoms with Gasteiger partial charge in [-0.05, 0) is 62.1 Å². The van der Waals surface area contributed by atoms with Crippen LogP contribution in [0.25, 0.3) is 0 Å². The second-order valence-electron chi connectivity index (χ2n) is 9.06. The highest BCUT2D eigenvalue weighted by Gasteiger charge is 2.33. The average Bonchev–Trinajstić information content (AvgIpc) is 2.85. The fourth-order valence-corrected chi connectivity index (χ4v) is 5.03. The van der Waals surface area contributed by atoms with Gasteiger partial charge in [-0.1, -0.05) is 36.6 Å². The monoisotopic (exact) mass is 485 g/mol. The second-order valence-corrected chi connectivity index (χ2v) is 9.46. The molecule has 3 amide bonds. The summed E-state index contributed by atoms with van der Waals surface area (Å²) in [6, 6.07) is 12.0. The largest absolute Gasteiger partial charge is 0.351 e. The van der Waals surface area contributed by atoms with Crippen molar-refractivity contribution in [2.75, 3.05) is 13.1 Å². The summed E-state index contributed by atoms with van der Waals surface area (Å²) in [6.45, 7) is 0.933. The van der Waals surface area contributed by atoms with Gasteiger partial charge < -0.3 is 15.5 Å². The number of benzene rings is 2. The smallest absolute Gasteiger partial charge is 0.255 e. The first-order valence-electron chi connectivity index (χ1n) is 11.8. The van der Waals surface area contributed by atoms with Crippen molar-refractivity contribution in [3.05, 3.63) is 70.5 Å². The quantitative estimate of drug-likeness (QED) is 0.666. The first kappa shape index (κ1) is 24.2. The Bertz CT molecular complexity index is 1050. The SMILES string of the molecule is O=C(N[C@@H]1CCCC[C@H]1NC(=O)[C@H]1CCCN(C(=O)c2ccccc2Cl)C1)c1ccc(F)cc1. The molecule has 2 N–H and O–H groups in total. The molecule has 180 valence electrons. The minimum absolute atomic E-state index is 0.0930. The Balaban J connectivity index is 1.37. The van der Waals surface area contributed by atoms with Crippen molar-refractivity contribution < 1.29 is 18.8 Å². The minimum Gasteiger partial charge on any atom is -0.351 e. The van der Waals surface area contributed by atoms with E-state index in [0.717, 1.165) is 32.1 Å². The lowest BCUT2D eigenvalue weighted by Crippen LogP contribution is -2.55. The van der Waals surface area contributed by atoms with E-state index in [2.05, 4.69) is 10.6 Å². The molecule has 0 aromatic heterocycles. The normalized spacial score (nSPS) is 22.6. The van der Waals surface area contributed by atoms with E-state index >= 15 is 0 Å². The topological polar surface area (TPSA) is 78.5 Å². The number of rotatable bonds is 5. The molecule has 8 heteroatoms. The van der Waals surface area contributed by atoms with E-state index in [9.17, 15) is 18.8 Å². The molecule has 0 radical (unpaired) electrons. The number of carbonyl (C=O) groups excluding carboxylic acids is 3. The number of nitrogens with one attached hydrogen (secondary N) is 2. The summed E-state index contributed by atoms with van der Waals surface area (Å²) in [5, 5.41) is 6.55. The maximum atomic E-state index is 13.2. The zero-order chi connectivity index (χ0) is 24.1. The predicted molar refractivity (Wildman–Crippen MR) is 128 cm³/mol. The molecule has 0 bridgehead atoms. The van der Waals surface area contributed by atoms with Crippen LogP contribution in [0.15, 0.2) is 48.5 Å². The molecule has 0 unspecified atom stereocenters. The van der Waals surface area contributed by atoms with Gasteiger partial charge in [0.15, 0.2) is 0 Å². The lowest BCUT2D eigenvalue weighted by Gasteiger charge is -2.36. The summed E-state index contributed by atoms with van der Waals surface area (Å²) in [5.41, 5.74) is 0.833. The summed E-state index contributed by atoms with van der Waals surface area (Å²) in [5.74, 6) is -1.24. The average molecular weight is 486 g/mol. The molecule has 2 aromatic rings. The molecule has 4 rings (SSSR count). The highest BCUT2D eigenvalue weighted by Crippen LogP contribution is 2.24. The van der Waals surface area contributed by atoms with Gasteiger partial charge in [-0.15, -0.1) is 0 Å². The van der Waals surface area contributed by atoms with Crippen LogP contribution in [0.2, 0.25) is 5.02 Å². The Morgan fingerprint density at radius 1 is 0.882 bits per heavy atom.